The summed E-state index contributed by atoms with van der Waals surface area (Å²) in [5.74, 6) is -0.644. The molecule has 1 aromatic heterocycles. The predicted molar refractivity (Wildman–Crippen MR) is 68.2 cm³/mol. The summed E-state index contributed by atoms with van der Waals surface area (Å²) < 4.78 is 3.65. The third kappa shape index (κ3) is 2.85. The number of benzene rings is 1. The van der Waals surface area contributed by atoms with E-state index in [9.17, 15) is 4.79 Å². The zero-order valence-electron chi connectivity index (χ0n) is 8.28. The van der Waals surface area contributed by atoms with E-state index >= 15 is 0 Å². The van der Waals surface area contributed by atoms with Crippen LogP contribution in [0.15, 0.2) is 18.2 Å². The fourth-order valence-corrected chi connectivity index (χ4v) is 2.31. The first-order chi connectivity index (χ1) is 8.06. The fraction of sp³-hybridized carbons (Fsp3) is 0. The van der Waals surface area contributed by atoms with E-state index in [0.29, 0.717) is 20.7 Å². The Labute approximate surface area is 111 Å². The van der Waals surface area contributed by atoms with Gasteiger partial charge in [-0.05, 0) is 18.2 Å². The number of carbonyl (C=O) groups is 1. The summed E-state index contributed by atoms with van der Waals surface area (Å²) in [6, 6.07) is 4.93. The van der Waals surface area contributed by atoms with Crippen LogP contribution in [0.2, 0.25) is 10.0 Å². The summed E-state index contributed by atoms with van der Waals surface area (Å²) in [5, 5.41) is 7.98. The van der Waals surface area contributed by atoms with Crippen LogP contribution in [-0.2, 0) is 0 Å². The van der Waals surface area contributed by atoms with E-state index in [4.69, 9.17) is 28.9 Å². The zero-order chi connectivity index (χ0) is 12.4. The minimum absolute atomic E-state index is 0.0890. The van der Waals surface area contributed by atoms with Crippen molar-refractivity contribution in [3.63, 3.8) is 0 Å². The molecule has 88 valence electrons. The summed E-state index contributed by atoms with van der Waals surface area (Å²) in [7, 11) is 0. The molecule has 0 aliphatic heterocycles. The van der Waals surface area contributed by atoms with Gasteiger partial charge in [-0.3, -0.25) is 4.79 Å². The van der Waals surface area contributed by atoms with Crippen LogP contribution in [-0.4, -0.2) is 15.5 Å². The fourth-order valence-electron chi connectivity index (χ4n) is 1.19. The molecule has 1 heterocycles. The molecule has 8 heteroatoms. The van der Waals surface area contributed by atoms with E-state index in [1.165, 1.54) is 0 Å². The number of nitrogens with zero attached hydrogens (tertiary/aromatic N) is 2. The lowest BCUT2D eigenvalue weighted by Crippen LogP contribution is -2.13. The summed E-state index contributed by atoms with van der Waals surface area (Å²) in [4.78, 5) is 11.0. The van der Waals surface area contributed by atoms with Gasteiger partial charge in [0.25, 0.3) is 5.91 Å². The van der Waals surface area contributed by atoms with Crippen LogP contribution >= 0.6 is 34.7 Å². The number of nitrogens with one attached hydrogen (secondary N) is 1. The first kappa shape index (κ1) is 12.1. The van der Waals surface area contributed by atoms with Gasteiger partial charge < -0.3 is 11.1 Å². The van der Waals surface area contributed by atoms with Gasteiger partial charge in [0, 0.05) is 27.3 Å². The van der Waals surface area contributed by atoms with Crippen molar-refractivity contribution < 1.29 is 4.79 Å². The Bertz CT molecular complexity index is 552. The molecule has 0 radical (unpaired) electrons. The average Bonchev–Trinajstić information content (AvgIpc) is 2.63. The SMILES string of the molecule is NC(=O)c1nnsc1Nc1cc(Cl)cc(Cl)c1. The first-order valence-electron chi connectivity index (χ1n) is 4.41. The smallest absolute Gasteiger partial charge is 0.272 e. The lowest BCUT2D eigenvalue weighted by Gasteiger charge is -2.05. The van der Waals surface area contributed by atoms with E-state index < -0.39 is 5.91 Å². The molecule has 1 amide bonds. The molecule has 0 fully saturated rings. The van der Waals surface area contributed by atoms with Gasteiger partial charge in [0.1, 0.15) is 5.00 Å². The Hall–Kier alpha value is -1.37. The molecule has 5 nitrogen and oxygen atoms in total. The molecule has 0 saturated carbocycles. The number of anilines is 2. The van der Waals surface area contributed by atoms with Gasteiger partial charge in [0.2, 0.25) is 0 Å². The van der Waals surface area contributed by atoms with Crippen molar-refractivity contribution in [2.24, 2.45) is 5.73 Å². The van der Waals surface area contributed by atoms with Gasteiger partial charge in [-0.2, -0.15) is 0 Å². The second-order valence-corrected chi connectivity index (χ2v) is 4.73. The molecule has 0 aliphatic carbocycles. The third-order valence-corrected chi connectivity index (χ3v) is 2.92. The average molecular weight is 289 g/mol. The maximum Gasteiger partial charge on any atom is 0.272 e. The number of hydrogen-bond donors (Lipinski definition) is 2. The van der Waals surface area contributed by atoms with Gasteiger partial charge in [0.15, 0.2) is 5.69 Å². The van der Waals surface area contributed by atoms with E-state index in [1.54, 1.807) is 18.2 Å². The normalized spacial score (nSPS) is 10.2. The highest BCUT2D eigenvalue weighted by Crippen LogP contribution is 2.27. The van der Waals surface area contributed by atoms with Crippen molar-refractivity contribution >= 4 is 51.3 Å². The van der Waals surface area contributed by atoms with Crippen LogP contribution in [0.3, 0.4) is 0 Å². The van der Waals surface area contributed by atoms with Crippen molar-refractivity contribution in [1.82, 2.24) is 9.59 Å². The van der Waals surface area contributed by atoms with E-state index in [-0.39, 0.29) is 5.69 Å². The van der Waals surface area contributed by atoms with Gasteiger partial charge in [-0.15, -0.1) is 5.10 Å². The van der Waals surface area contributed by atoms with Crippen LogP contribution in [0, 0.1) is 0 Å². The number of halogens is 2. The quantitative estimate of drug-likeness (QED) is 0.910. The Morgan fingerprint density at radius 1 is 1.29 bits per heavy atom. The minimum Gasteiger partial charge on any atom is -0.364 e. The molecule has 17 heavy (non-hydrogen) atoms. The Morgan fingerprint density at radius 2 is 1.94 bits per heavy atom. The van der Waals surface area contributed by atoms with Crippen LogP contribution < -0.4 is 11.1 Å². The molecule has 0 spiro atoms. The highest BCUT2D eigenvalue weighted by atomic mass is 35.5. The lowest BCUT2D eigenvalue weighted by atomic mass is 10.3. The number of hydrogen-bond acceptors (Lipinski definition) is 5. The molecule has 0 atom stereocenters. The van der Waals surface area contributed by atoms with Gasteiger partial charge in [0.05, 0.1) is 0 Å². The molecule has 1 aromatic carbocycles. The van der Waals surface area contributed by atoms with Gasteiger partial charge in [-0.25, -0.2) is 0 Å². The predicted octanol–water partition coefficient (Wildman–Crippen LogP) is 2.69. The van der Waals surface area contributed by atoms with Crippen molar-refractivity contribution in [3.05, 3.63) is 33.9 Å². The van der Waals surface area contributed by atoms with E-state index in [2.05, 4.69) is 14.9 Å². The molecule has 0 aliphatic rings. The summed E-state index contributed by atoms with van der Waals surface area (Å²) in [6.45, 7) is 0. The molecule has 2 aromatic rings. The van der Waals surface area contributed by atoms with Gasteiger partial charge >= 0.3 is 0 Å². The molecular weight excluding hydrogens is 283 g/mol. The summed E-state index contributed by atoms with van der Waals surface area (Å²) in [5.41, 5.74) is 5.87. The molecule has 2 rings (SSSR count). The molecule has 3 N–H and O–H groups in total. The summed E-state index contributed by atoms with van der Waals surface area (Å²) >= 11 is 12.7. The number of primary amides is 1. The van der Waals surface area contributed by atoms with Crippen LogP contribution in [0.5, 0.6) is 0 Å². The largest absolute Gasteiger partial charge is 0.364 e. The third-order valence-electron chi connectivity index (χ3n) is 1.84. The second-order valence-electron chi connectivity index (χ2n) is 3.10. The van der Waals surface area contributed by atoms with Crippen LogP contribution in [0.1, 0.15) is 10.5 Å². The highest BCUT2D eigenvalue weighted by Gasteiger charge is 2.13. The number of carbonyl (C=O) groups excluding carboxylic acids is 1. The number of amides is 1. The number of aromatic nitrogens is 2. The van der Waals surface area contributed by atoms with Crippen molar-refractivity contribution in [2.75, 3.05) is 5.32 Å². The highest BCUT2D eigenvalue weighted by molar-refractivity contribution is 7.10. The molecular formula is C9H6Cl2N4OS. The molecule has 0 saturated heterocycles. The second kappa shape index (κ2) is 4.87. The topological polar surface area (TPSA) is 80.9 Å². The van der Waals surface area contributed by atoms with E-state index in [1.807, 2.05) is 0 Å². The Morgan fingerprint density at radius 3 is 2.53 bits per heavy atom. The monoisotopic (exact) mass is 288 g/mol. The standard InChI is InChI=1S/C9H6Cl2N4OS/c10-4-1-5(11)3-6(2-4)13-9-7(8(12)16)14-15-17-9/h1-3,13H,(H2,12,16). The maximum atomic E-state index is 11.0. The molecule has 0 bridgehead atoms. The van der Waals surface area contributed by atoms with Gasteiger partial charge in [-0.1, -0.05) is 27.7 Å². The maximum absolute atomic E-state index is 11.0. The van der Waals surface area contributed by atoms with E-state index in [0.717, 1.165) is 11.5 Å². The zero-order valence-corrected chi connectivity index (χ0v) is 10.6. The van der Waals surface area contributed by atoms with Crippen molar-refractivity contribution in [1.29, 1.82) is 0 Å². The summed E-state index contributed by atoms with van der Waals surface area (Å²) in [6.07, 6.45) is 0. The van der Waals surface area contributed by atoms with Crippen LogP contribution in [0.4, 0.5) is 10.7 Å². The van der Waals surface area contributed by atoms with Crippen molar-refractivity contribution in [2.45, 2.75) is 0 Å². The lowest BCUT2D eigenvalue weighted by molar-refractivity contribution is 0.0996. The molecule has 0 unspecified atom stereocenters. The van der Waals surface area contributed by atoms with Crippen molar-refractivity contribution in [3.8, 4) is 0 Å². The Balaban J connectivity index is 2.31. The number of rotatable bonds is 3. The van der Waals surface area contributed by atoms with Crippen LogP contribution in [0.25, 0.3) is 0 Å². The Kier molecular flexibility index (Phi) is 3.46. The number of nitrogens with two attached hydrogens (primary N) is 1. The first-order valence-corrected chi connectivity index (χ1v) is 5.94. The minimum atomic E-state index is -0.644.